The zero-order valence-electron chi connectivity index (χ0n) is 16.0. The third-order valence-electron chi connectivity index (χ3n) is 4.52. The number of carbonyl (C=O) groups excluding carboxylic acids is 2. The number of hydrogen-bond acceptors (Lipinski definition) is 4. The van der Waals surface area contributed by atoms with E-state index in [0.717, 1.165) is 10.5 Å². The lowest BCUT2D eigenvalue weighted by Crippen LogP contribution is -3.12. The van der Waals surface area contributed by atoms with Crippen LogP contribution in [0.1, 0.15) is 22.8 Å². The second-order valence-electron chi connectivity index (χ2n) is 6.33. The predicted molar refractivity (Wildman–Crippen MR) is 103 cm³/mol. The van der Waals surface area contributed by atoms with E-state index in [1.54, 1.807) is 38.5 Å². The molecule has 0 aliphatic heterocycles. The van der Waals surface area contributed by atoms with Crippen molar-refractivity contribution in [2.45, 2.75) is 19.5 Å². The van der Waals surface area contributed by atoms with Crippen molar-refractivity contribution >= 4 is 17.5 Å². The van der Waals surface area contributed by atoms with E-state index in [-0.39, 0.29) is 11.9 Å². The number of para-hydroxylation sites is 1. The van der Waals surface area contributed by atoms with Gasteiger partial charge in [-0.15, -0.1) is 0 Å². The Morgan fingerprint density at radius 1 is 1.11 bits per heavy atom. The number of hydrogen-bond donors (Lipinski definition) is 3. The van der Waals surface area contributed by atoms with Gasteiger partial charge in [0.25, 0.3) is 5.91 Å². The van der Waals surface area contributed by atoms with Crippen LogP contribution in [0.4, 0.5) is 5.69 Å². The maximum Gasteiger partial charge on any atom is 0.282 e. The number of nitrogens with one attached hydrogen (secondary N) is 2. The van der Waals surface area contributed by atoms with Gasteiger partial charge < -0.3 is 25.4 Å². The lowest BCUT2D eigenvalue weighted by molar-refractivity contribution is -0.907. The van der Waals surface area contributed by atoms with Crippen molar-refractivity contribution in [2.24, 2.45) is 5.73 Å². The molecule has 2 amide bonds. The monoisotopic (exact) mass is 372 g/mol. The smallest absolute Gasteiger partial charge is 0.282 e. The summed E-state index contributed by atoms with van der Waals surface area (Å²) in [5, 5.41) is 2.86. The zero-order chi connectivity index (χ0) is 20.0. The average Bonchev–Trinajstić information content (AvgIpc) is 2.67. The minimum atomic E-state index is -0.502. The number of likely N-dealkylation sites (N-methyl/N-ethyl adjacent to an activating group) is 1. The molecule has 0 spiro atoms. The van der Waals surface area contributed by atoms with Gasteiger partial charge in [0.2, 0.25) is 5.91 Å². The van der Waals surface area contributed by atoms with Crippen LogP contribution in [0, 0.1) is 0 Å². The maximum absolute atomic E-state index is 12.6. The average molecular weight is 372 g/mol. The number of amides is 2. The molecular formula is C20H26N3O4+. The highest BCUT2D eigenvalue weighted by Gasteiger charge is 2.24. The van der Waals surface area contributed by atoms with Crippen molar-refractivity contribution in [3.63, 3.8) is 0 Å². The SMILES string of the molecule is COc1cccc(C[NH+](C)[C@H](C)C(=O)Nc2ccc(C(N)=O)cc2)c1OC. The van der Waals surface area contributed by atoms with E-state index in [4.69, 9.17) is 15.2 Å². The Balaban J connectivity index is 2.05. The van der Waals surface area contributed by atoms with E-state index in [9.17, 15) is 9.59 Å². The Morgan fingerprint density at radius 3 is 2.33 bits per heavy atom. The van der Waals surface area contributed by atoms with Crippen LogP contribution in [0.15, 0.2) is 42.5 Å². The molecule has 2 rings (SSSR count). The quantitative estimate of drug-likeness (QED) is 0.640. The summed E-state index contributed by atoms with van der Waals surface area (Å²) < 4.78 is 10.8. The molecule has 0 aliphatic carbocycles. The fraction of sp³-hybridized carbons (Fsp3) is 0.300. The fourth-order valence-corrected chi connectivity index (χ4v) is 2.74. The van der Waals surface area contributed by atoms with Gasteiger partial charge in [0.1, 0.15) is 6.54 Å². The summed E-state index contributed by atoms with van der Waals surface area (Å²) in [7, 11) is 5.14. The number of ether oxygens (including phenoxy) is 2. The summed E-state index contributed by atoms with van der Waals surface area (Å²) in [6.45, 7) is 2.45. The molecule has 7 heteroatoms. The maximum atomic E-state index is 12.6. The van der Waals surface area contributed by atoms with Crippen LogP contribution in [0.5, 0.6) is 11.5 Å². The topological polar surface area (TPSA) is 95.1 Å². The molecule has 1 unspecified atom stereocenters. The van der Waals surface area contributed by atoms with E-state index in [1.165, 1.54) is 0 Å². The Hall–Kier alpha value is -3.06. The van der Waals surface area contributed by atoms with Crippen LogP contribution in [0.3, 0.4) is 0 Å². The highest BCUT2D eigenvalue weighted by atomic mass is 16.5. The van der Waals surface area contributed by atoms with Crippen LogP contribution in [0.25, 0.3) is 0 Å². The molecule has 0 aromatic heterocycles. The number of nitrogens with two attached hydrogens (primary N) is 1. The van der Waals surface area contributed by atoms with Gasteiger partial charge in [0.15, 0.2) is 17.5 Å². The molecule has 0 radical (unpaired) electrons. The predicted octanol–water partition coefficient (Wildman–Crippen LogP) is 0.845. The van der Waals surface area contributed by atoms with Gasteiger partial charge in [-0.2, -0.15) is 0 Å². The Kier molecular flexibility index (Phi) is 6.79. The molecular weight excluding hydrogens is 346 g/mol. The number of anilines is 1. The summed E-state index contributed by atoms with van der Waals surface area (Å²) in [5.74, 6) is 0.710. The number of benzene rings is 2. The molecule has 0 heterocycles. The summed E-state index contributed by atoms with van der Waals surface area (Å²) in [6.07, 6.45) is 0. The van der Waals surface area contributed by atoms with Gasteiger partial charge in [-0.25, -0.2) is 0 Å². The molecule has 0 saturated heterocycles. The number of carbonyl (C=O) groups is 2. The largest absolute Gasteiger partial charge is 0.493 e. The third-order valence-corrected chi connectivity index (χ3v) is 4.52. The molecule has 2 aromatic carbocycles. The first-order valence-corrected chi connectivity index (χ1v) is 8.60. The molecule has 27 heavy (non-hydrogen) atoms. The summed E-state index contributed by atoms with van der Waals surface area (Å²) >= 11 is 0. The lowest BCUT2D eigenvalue weighted by atomic mass is 10.1. The van der Waals surface area contributed by atoms with Crippen LogP contribution in [0.2, 0.25) is 0 Å². The van der Waals surface area contributed by atoms with E-state index in [0.29, 0.717) is 29.3 Å². The lowest BCUT2D eigenvalue weighted by Gasteiger charge is -2.22. The van der Waals surface area contributed by atoms with Crippen molar-refractivity contribution in [3.05, 3.63) is 53.6 Å². The molecule has 2 aromatic rings. The highest BCUT2D eigenvalue weighted by Crippen LogP contribution is 2.30. The van der Waals surface area contributed by atoms with Crippen LogP contribution >= 0.6 is 0 Å². The zero-order valence-corrected chi connectivity index (χ0v) is 16.0. The van der Waals surface area contributed by atoms with Crippen LogP contribution in [-0.4, -0.2) is 39.1 Å². The summed E-state index contributed by atoms with van der Waals surface area (Å²) in [4.78, 5) is 24.7. The summed E-state index contributed by atoms with van der Waals surface area (Å²) in [5.41, 5.74) is 7.19. The van der Waals surface area contributed by atoms with Crippen LogP contribution < -0.4 is 25.4 Å². The van der Waals surface area contributed by atoms with Gasteiger partial charge in [0, 0.05) is 11.3 Å². The van der Waals surface area contributed by atoms with Gasteiger partial charge in [-0.1, -0.05) is 6.07 Å². The van der Waals surface area contributed by atoms with Crippen molar-refractivity contribution < 1.29 is 24.0 Å². The second-order valence-corrected chi connectivity index (χ2v) is 6.33. The molecule has 0 saturated carbocycles. The van der Waals surface area contributed by atoms with Crippen molar-refractivity contribution in [1.29, 1.82) is 0 Å². The van der Waals surface area contributed by atoms with Gasteiger partial charge in [0.05, 0.1) is 26.8 Å². The number of primary amides is 1. The van der Waals surface area contributed by atoms with Gasteiger partial charge >= 0.3 is 0 Å². The van der Waals surface area contributed by atoms with Gasteiger partial charge in [-0.3, -0.25) is 9.59 Å². The first-order valence-electron chi connectivity index (χ1n) is 8.60. The minimum absolute atomic E-state index is 0.124. The highest BCUT2D eigenvalue weighted by molar-refractivity contribution is 5.95. The Morgan fingerprint density at radius 2 is 1.78 bits per heavy atom. The fourth-order valence-electron chi connectivity index (χ4n) is 2.74. The number of rotatable bonds is 8. The Bertz CT molecular complexity index is 805. The van der Waals surface area contributed by atoms with E-state index < -0.39 is 5.91 Å². The second kappa shape index (κ2) is 9.05. The van der Waals surface area contributed by atoms with Crippen molar-refractivity contribution in [1.82, 2.24) is 0 Å². The molecule has 4 N–H and O–H groups in total. The van der Waals surface area contributed by atoms with Crippen LogP contribution in [-0.2, 0) is 11.3 Å². The molecule has 2 atom stereocenters. The first kappa shape index (κ1) is 20.3. The van der Waals surface area contributed by atoms with Gasteiger partial charge in [-0.05, 0) is 43.3 Å². The molecule has 0 bridgehead atoms. The van der Waals surface area contributed by atoms with Crippen molar-refractivity contribution in [2.75, 3.05) is 26.6 Å². The van der Waals surface area contributed by atoms with Crippen molar-refractivity contribution in [3.8, 4) is 11.5 Å². The number of quaternary nitrogens is 1. The minimum Gasteiger partial charge on any atom is -0.493 e. The molecule has 0 fully saturated rings. The third kappa shape index (κ3) is 4.98. The first-order chi connectivity index (χ1) is 12.9. The van der Waals surface area contributed by atoms with E-state index in [1.807, 2.05) is 32.2 Å². The van der Waals surface area contributed by atoms with E-state index in [2.05, 4.69) is 5.32 Å². The standard InChI is InChI=1S/C20H25N3O4/c1-13(20(25)22-16-10-8-14(9-11-16)19(21)24)23(2)12-15-6-5-7-17(26-3)18(15)27-4/h5-11,13H,12H2,1-4H3,(H2,21,24)(H,22,25)/p+1/t13-/m1/s1. The normalized spacial score (nSPS) is 12.7. The summed E-state index contributed by atoms with van der Waals surface area (Å²) in [6, 6.07) is 11.9. The van der Waals surface area contributed by atoms with E-state index >= 15 is 0 Å². The molecule has 7 nitrogen and oxygen atoms in total. The molecule has 0 aliphatic rings. The Labute approximate surface area is 159 Å². The number of methoxy groups -OCH3 is 2. The molecule has 144 valence electrons.